The van der Waals surface area contributed by atoms with Crippen LogP contribution in [0.4, 0.5) is 0 Å². The van der Waals surface area contributed by atoms with Gasteiger partial charge in [0.15, 0.2) is 0 Å². The van der Waals surface area contributed by atoms with Crippen molar-refractivity contribution in [1.29, 1.82) is 0 Å². The second-order valence-electron chi connectivity index (χ2n) is 4.82. The fourth-order valence-electron chi connectivity index (χ4n) is 2.36. The summed E-state index contributed by atoms with van der Waals surface area (Å²) in [5.74, 6) is -1.08. The average molecular weight is 302 g/mol. The molecule has 0 saturated heterocycles. The zero-order valence-electron chi connectivity index (χ0n) is 10.4. The van der Waals surface area contributed by atoms with Crippen molar-refractivity contribution in [3.05, 3.63) is 21.3 Å². The fourth-order valence-corrected chi connectivity index (χ4v) is 3.45. The van der Waals surface area contributed by atoms with Gasteiger partial charge >= 0.3 is 5.97 Å². The van der Waals surface area contributed by atoms with Crippen molar-refractivity contribution >= 4 is 34.8 Å². The normalized spacial score (nSPS) is 22.4. The number of carboxylic acids is 1. The number of aryl methyl sites for hydroxylation is 1. The molecule has 1 aliphatic rings. The lowest BCUT2D eigenvalue weighted by molar-refractivity contribution is -0.141. The quantitative estimate of drug-likeness (QED) is 0.879. The van der Waals surface area contributed by atoms with E-state index in [0.717, 1.165) is 15.6 Å². The van der Waals surface area contributed by atoms with E-state index in [4.69, 9.17) is 16.7 Å². The summed E-state index contributed by atoms with van der Waals surface area (Å²) < 4.78 is 0.732. The van der Waals surface area contributed by atoms with Crippen LogP contribution in [0.25, 0.3) is 0 Å². The molecule has 0 bridgehead atoms. The van der Waals surface area contributed by atoms with Crippen molar-refractivity contribution in [1.82, 2.24) is 5.32 Å². The van der Waals surface area contributed by atoms with Crippen LogP contribution in [0.1, 0.15) is 30.6 Å². The highest BCUT2D eigenvalue weighted by atomic mass is 35.5. The van der Waals surface area contributed by atoms with Crippen molar-refractivity contribution in [3.8, 4) is 0 Å². The number of nitrogens with one attached hydrogen (secondary N) is 1. The first-order valence-electron chi connectivity index (χ1n) is 6.31. The van der Waals surface area contributed by atoms with Gasteiger partial charge in [0, 0.05) is 17.3 Å². The molecule has 1 saturated carbocycles. The molecule has 1 aliphatic carbocycles. The fraction of sp³-hybridized carbons (Fsp3) is 0.538. The molecule has 1 amide bonds. The third-order valence-corrected chi connectivity index (χ3v) is 4.67. The van der Waals surface area contributed by atoms with Gasteiger partial charge < -0.3 is 10.4 Å². The Bertz CT molecular complexity index is 474. The van der Waals surface area contributed by atoms with Crippen LogP contribution >= 0.6 is 22.9 Å². The summed E-state index contributed by atoms with van der Waals surface area (Å²) in [5, 5.41) is 11.8. The first-order valence-corrected chi connectivity index (χ1v) is 7.50. The van der Waals surface area contributed by atoms with Crippen LogP contribution in [0.2, 0.25) is 4.34 Å². The van der Waals surface area contributed by atoms with Gasteiger partial charge in [-0.15, -0.1) is 11.3 Å². The largest absolute Gasteiger partial charge is 0.481 e. The number of hydrogen-bond donors (Lipinski definition) is 2. The van der Waals surface area contributed by atoms with Gasteiger partial charge in [0.05, 0.1) is 10.3 Å². The van der Waals surface area contributed by atoms with E-state index in [9.17, 15) is 9.59 Å². The molecule has 1 fully saturated rings. The number of aliphatic carboxylic acids is 1. The minimum Gasteiger partial charge on any atom is -0.481 e. The van der Waals surface area contributed by atoms with E-state index in [1.165, 1.54) is 11.3 Å². The van der Waals surface area contributed by atoms with Crippen molar-refractivity contribution in [2.45, 2.75) is 38.1 Å². The number of rotatable bonds is 5. The molecule has 6 heteroatoms. The monoisotopic (exact) mass is 301 g/mol. The number of carboxylic acid groups (broad SMARTS) is 1. The van der Waals surface area contributed by atoms with Crippen molar-refractivity contribution in [2.24, 2.45) is 5.92 Å². The molecule has 0 radical (unpaired) electrons. The van der Waals surface area contributed by atoms with Crippen molar-refractivity contribution < 1.29 is 14.7 Å². The molecule has 0 unspecified atom stereocenters. The summed E-state index contributed by atoms with van der Waals surface area (Å²) in [6.07, 6.45) is 3.06. The minimum absolute atomic E-state index is 0.0134. The number of carbonyl (C=O) groups excluding carboxylic acids is 1. The highest BCUT2D eigenvalue weighted by molar-refractivity contribution is 7.16. The first kappa shape index (κ1) is 14.3. The average Bonchev–Trinajstić information content (AvgIpc) is 2.96. The van der Waals surface area contributed by atoms with Crippen LogP contribution < -0.4 is 5.32 Å². The molecular weight excluding hydrogens is 286 g/mol. The van der Waals surface area contributed by atoms with Gasteiger partial charge in [-0.3, -0.25) is 9.59 Å². The SMILES string of the molecule is O=C(CCc1ccc(Cl)s1)N[C@H]1CC[C@H](C(=O)O)C1. The standard InChI is InChI=1S/C13H16ClNO3S/c14-11-5-3-10(19-11)4-6-12(16)15-9-2-1-8(7-9)13(17)18/h3,5,8-9H,1-2,4,6-7H2,(H,15,16)(H,17,18)/t8-,9-/m0/s1. The van der Waals surface area contributed by atoms with E-state index >= 15 is 0 Å². The van der Waals surface area contributed by atoms with Gasteiger partial charge in [0.2, 0.25) is 5.91 Å². The van der Waals surface area contributed by atoms with Gasteiger partial charge in [-0.1, -0.05) is 11.6 Å². The van der Waals surface area contributed by atoms with E-state index in [0.29, 0.717) is 25.7 Å². The smallest absolute Gasteiger partial charge is 0.306 e. The Morgan fingerprint density at radius 1 is 1.42 bits per heavy atom. The minimum atomic E-state index is -0.759. The van der Waals surface area contributed by atoms with Gasteiger partial charge in [-0.25, -0.2) is 0 Å². The number of carbonyl (C=O) groups is 2. The van der Waals surface area contributed by atoms with Gasteiger partial charge in [0.1, 0.15) is 0 Å². The summed E-state index contributed by atoms with van der Waals surface area (Å²) >= 11 is 7.31. The Kier molecular flexibility index (Phi) is 4.82. The van der Waals surface area contributed by atoms with E-state index in [2.05, 4.69) is 5.32 Å². The molecule has 0 spiro atoms. The van der Waals surface area contributed by atoms with Crippen LogP contribution in [0, 0.1) is 5.92 Å². The van der Waals surface area contributed by atoms with E-state index in [1.807, 2.05) is 12.1 Å². The Morgan fingerprint density at radius 3 is 2.79 bits per heavy atom. The van der Waals surface area contributed by atoms with E-state index in [-0.39, 0.29) is 17.9 Å². The Hall–Kier alpha value is -1.07. The molecule has 4 nitrogen and oxygen atoms in total. The lowest BCUT2D eigenvalue weighted by Gasteiger charge is -2.12. The second-order valence-corrected chi connectivity index (χ2v) is 6.62. The highest BCUT2D eigenvalue weighted by Gasteiger charge is 2.30. The second kappa shape index (κ2) is 6.39. The summed E-state index contributed by atoms with van der Waals surface area (Å²) in [6.45, 7) is 0. The van der Waals surface area contributed by atoms with E-state index in [1.54, 1.807) is 0 Å². The Balaban J connectivity index is 1.72. The lowest BCUT2D eigenvalue weighted by atomic mass is 10.1. The van der Waals surface area contributed by atoms with Gasteiger partial charge in [0.25, 0.3) is 0 Å². The Labute approximate surface area is 120 Å². The zero-order valence-corrected chi connectivity index (χ0v) is 12.0. The molecule has 1 aromatic rings. The summed E-state index contributed by atoms with van der Waals surface area (Å²) in [4.78, 5) is 23.7. The topological polar surface area (TPSA) is 66.4 Å². The molecule has 1 heterocycles. The van der Waals surface area contributed by atoms with Crippen LogP contribution in [0.5, 0.6) is 0 Å². The molecule has 2 atom stereocenters. The molecule has 0 aliphatic heterocycles. The molecule has 0 aromatic carbocycles. The summed E-state index contributed by atoms with van der Waals surface area (Å²) in [7, 11) is 0. The predicted octanol–water partition coefficient (Wildman–Crippen LogP) is 2.70. The third kappa shape index (κ3) is 4.21. The predicted molar refractivity (Wildman–Crippen MR) is 74.6 cm³/mol. The number of hydrogen-bond acceptors (Lipinski definition) is 3. The molecule has 1 aromatic heterocycles. The maximum Gasteiger partial charge on any atom is 0.306 e. The molecule has 19 heavy (non-hydrogen) atoms. The lowest BCUT2D eigenvalue weighted by Crippen LogP contribution is -2.33. The van der Waals surface area contributed by atoms with Gasteiger partial charge in [-0.05, 0) is 37.8 Å². The number of thiophene rings is 1. The molecule has 104 valence electrons. The third-order valence-electron chi connectivity index (χ3n) is 3.37. The zero-order chi connectivity index (χ0) is 13.8. The summed E-state index contributed by atoms with van der Waals surface area (Å²) in [5.41, 5.74) is 0. The maximum absolute atomic E-state index is 11.8. The van der Waals surface area contributed by atoms with Crippen molar-refractivity contribution in [3.63, 3.8) is 0 Å². The molecule has 2 N–H and O–H groups in total. The highest BCUT2D eigenvalue weighted by Crippen LogP contribution is 2.26. The first-order chi connectivity index (χ1) is 9.04. The van der Waals surface area contributed by atoms with Crippen LogP contribution in [0.15, 0.2) is 12.1 Å². The van der Waals surface area contributed by atoms with Crippen molar-refractivity contribution in [2.75, 3.05) is 0 Å². The Morgan fingerprint density at radius 2 is 2.21 bits per heavy atom. The summed E-state index contributed by atoms with van der Waals surface area (Å²) in [6, 6.07) is 3.77. The van der Waals surface area contributed by atoms with Gasteiger partial charge in [-0.2, -0.15) is 0 Å². The molecular formula is C13H16ClNO3S. The van der Waals surface area contributed by atoms with Crippen LogP contribution in [-0.2, 0) is 16.0 Å². The van der Waals surface area contributed by atoms with E-state index < -0.39 is 5.97 Å². The number of halogens is 1. The van der Waals surface area contributed by atoms with Crippen LogP contribution in [-0.4, -0.2) is 23.0 Å². The van der Waals surface area contributed by atoms with Crippen LogP contribution in [0.3, 0.4) is 0 Å². The maximum atomic E-state index is 11.8. The number of amides is 1. The molecule has 2 rings (SSSR count).